The molecule has 1 N–H and O–H groups in total. The maximum atomic E-state index is 11.8. The van der Waals surface area contributed by atoms with Crippen LogP contribution in [0.25, 0.3) is 11.5 Å². The van der Waals surface area contributed by atoms with Gasteiger partial charge in [0, 0.05) is 37.8 Å². The maximum absolute atomic E-state index is 11.8. The molecule has 3 heterocycles. The SMILES string of the molecule is O=C1NCCN1C1CCN(Cc2nnc(-c3ccccc3)o2)CC1. The van der Waals surface area contributed by atoms with Gasteiger partial charge in [-0.1, -0.05) is 18.2 Å². The molecule has 0 unspecified atom stereocenters. The van der Waals surface area contributed by atoms with E-state index < -0.39 is 0 Å². The molecule has 2 amide bonds. The van der Waals surface area contributed by atoms with Gasteiger partial charge >= 0.3 is 6.03 Å². The molecule has 7 heteroatoms. The number of urea groups is 1. The van der Waals surface area contributed by atoms with Crippen LogP contribution in [0.15, 0.2) is 34.7 Å². The lowest BCUT2D eigenvalue weighted by Gasteiger charge is -2.35. The summed E-state index contributed by atoms with van der Waals surface area (Å²) < 4.78 is 5.78. The number of nitrogens with one attached hydrogen (secondary N) is 1. The number of rotatable bonds is 4. The average molecular weight is 327 g/mol. The predicted molar refractivity (Wildman–Crippen MR) is 88.1 cm³/mol. The molecule has 7 nitrogen and oxygen atoms in total. The Morgan fingerprint density at radius 1 is 1.12 bits per heavy atom. The maximum Gasteiger partial charge on any atom is 0.317 e. The summed E-state index contributed by atoms with van der Waals surface area (Å²) in [5.74, 6) is 1.21. The minimum Gasteiger partial charge on any atom is -0.419 e. The number of carbonyl (C=O) groups excluding carboxylic acids is 1. The molecule has 24 heavy (non-hydrogen) atoms. The van der Waals surface area contributed by atoms with Crippen molar-refractivity contribution in [1.82, 2.24) is 25.3 Å². The van der Waals surface area contributed by atoms with Crippen molar-refractivity contribution in [3.63, 3.8) is 0 Å². The van der Waals surface area contributed by atoms with E-state index in [-0.39, 0.29) is 6.03 Å². The average Bonchev–Trinajstić information content (AvgIpc) is 3.26. The Morgan fingerprint density at radius 3 is 2.62 bits per heavy atom. The number of hydrogen-bond acceptors (Lipinski definition) is 5. The molecule has 0 radical (unpaired) electrons. The largest absolute Gasteiger partial charge is 0.419 e. The molecule has 0 spiro atoms. The fourth-order valence-corrected chi connectivity index (χ4v) is 3.43. The number of benzene rings is 1. The lowest BCUT2D eigenvalue weighted by molar-refractivity contribution is 0.126. The van der Waals surface area contributed by atoms with Gasteiger partial charge in [0.2, 0.25) is 11.8 Å². The summed E-state index contributed by atoms with van der Waals surface area (Å²) in [7, 11) is 0. The van der Waals surface area contributed by atoms with Gasteiger partial charge in [0.1, 0.15) is 0 Å². The summed E-state index contributed by atoms with van der Waals surface area (Å²) in [6.45, 7) is 4.14. The van der Waals surface area contributed by atoms with Crippen LogP contribution < -0.4 is 5.32 Å². The number of amides is 2. The third-order valence-electron chi connectivity index (χ3n) is 4.73. The zero-order chi connectivity index (χ0) is 16.4. The molecule has 2 aromatic rings. The summed E-state index contributed by atoms with van der Waals surface area (Å²) in [4.78, 5) is 16.0. The van der Waals surface area contributed by atoms with Gasteiger partial charge in [-0.2, -0.15) is 0 Å². The fourth-order valence-electron chi connectivity index (χ4n) is 3.43. The van der Waals surface area contributed by atoms with E-state index in [2.05, 4.69) is 20.4 Å². The second kappa shape index (κ2) is 6.60. The third kappa shape index (κ3) is 3.12. The van der Waals surface area contributed by atoms with Crippen LogP contribution in [0.2, 0.25) is 0 Å². The first-order valence-electron chi connectivity index (χ1n) is 8.44. The first-order chi connectivity index (χ1) is 11.8. The third-order valence-corrected chi connectivity index (χ3v) is 4.73. The Labute approximate surface area is 140 Å². The molecule has 4 rings (SSSR count). The number of likely N-dealkylation sites (tertiary alicyclic amines) is 1. The van der Waals surface area contributed by atoms with E-state index in [0.717, 1.165) is 44.6 Å². The van der Waals surface area contributed by atoms with E-state index in [9.17, 15) is 4.79 Å². The van der Waals surface area contributed by atoms with Gasteiger partial charge in [-0.3, -0.25) is 4.90 Å². The summed E-state index contributed by atoms with van der Waals surface area (Å²) in [6.07, 6.45) is 1.99. The van der Waals surface area contributed by atoms with Crippen molar-refractivity contribution in [2.24, 2.45) is 0 Å². The molecule has 2 fully saturated rings. The summed E-state index contributed by atoms with van der Waals surface area (Å²) in [6, 6.07) is 10.2. The summed E-state index contributed by atoms with van der Waals surface area (Å²) in [5.41, 5.74) is 0.940. The van der Waals surface area contributed by atoms with Crippen LogP contribution in [-0.4, -0.2) is 58.2 Å². The number of hydrogen-bond donors (Lipinski definition) is 1. The second-order valence-corrected chi connectivity index (χ2v) is 6.30. The Balaban J connectivity index is 1.33. The minimum atomic E-state index is 0.0813. The molecule has 0 aliphatic carbocycles. The van der Waals surface area contributed by atoms with Crippen molar-refractivity contribution in [1.29, 1.82) is 0 Å². The number of aromatic nitrogens is 2. The van der Waals surface area contributed by atoms with Crippen LogP contribution in [0.5, 0.6) is 0 Å². The zero-order valence-corrected chi connectivity index (χ0v) is 13.5. The van der Waals surface area contributed by atoms with E-state index in [1.165, 1.54) is 0 Å². The molecule has 2 saturated heterocycles. The number of carbonyl (C=O) groups is 1. The Hall–Kier alpha value is -2.41. The first kappa shape index (κ1) is 15.1. The highest BCUT2D eigenvalue weighted by molar-refractivity contribution is 5.76. The lowest BCUT2D eigenvalue weighted by Crippen LogP contribution is -2.45. The van der Waals surface area contributed by atoms with Crippen molar-refractivity contribution in [3.8, 4) is 11.5 Å². The highest BCUT2D eigenvalue weighted by Crippen LogP contribution is 2.21. The normalized spacial score (nSPS) is 19.7. The van der Waals surface area contributed by atoms with E-state index in [1.807, 2.05) is 35.2 Å². The van der Waals surface area contributed by atoms with Gasteiger partial charge in [-0.25, -0.2) is 4.79 Å². The Morgan fingerprint density at radius 2 is 1.92 bits per heavy atom. The molecule has 1 aromatic heterocycles. The van der Waals surface area contributed by atoms with Gasteiger partial charge in [0.15, 0.2) is 0 Å². The monoisotopic (exact) mass is 327 g/mol. The predicted octanol–water partition coefficient (Wildman–Crippen LogP) is 1.73. The quantitative estimate of drug-likeness (QED) is 0.925. The summed E-state index contributed by atoms with van der Waals surface area (Å²) >= 11 is 0. The van der Waals surface area contributed by atoms with Gasteiger partial charge in [-0.15, -0.1) is 10.2 Å². The molecule has 2 aliphatic heterocycles. The number of piperidine rings is 1. The molecule has 1 aromatic carbocycles. The smallest absolute Gasteiger partial charge is 0.317 e. The topological polar surface area (TPSA) is 74.5 Å². The molecular weight excluding hydrogens is 306 g/mol. The fraction of sp³-hybridized carbons (Fsp3) is 0.471. The van der Waals surface area contributed by atoms with E-state index in [0.29, 0.717) is 24.4 Å². The standard InChI is InChI=1S/C17H21N5O2/c23-17-18-8-11-22(17)14-6-9-21(10-7-14)12-15-19-20-16(24-15)13-4-2-1-3-5-13/h1-5,14H,6-12H2,(H,18,23). The first-order valence-corrected chi connectivity index (χ1v) is 8.44. The minimum absolute atomic E-state index is 0.0813. The van der Waals surface area contributed by atoms with Gasteiger partial charge < -0.3 is 14.6 Å². The molecular formula is C17H21N5O2. The van der Waals surface area contributed by atoms with Crippen LogP contribution in [0, 0.1) is 0 Å². The van der Waals surface area contributed by atoms with Gasteiger partial charge in [-0.05, 0) is 25.0 Å². The highest BCUT2D eigenvalue weighted by Gasteiger charge is 2.30. The molecule has 0 bridgehead atoms. The Kier molecular flexibility index (Phi) is 4.17. The molecule has 126 valence electrons. The van der Waals surface area contributed by atoms with Crippen LogP contribution in [0.3, 0.4) is 0 Å². The Bertz CT molecular complexity index is 694. The van der Waals surface area contributed by atoms with Crippen molar-refractivity contribution in [3.05, 3.63) is 36.2 Å². The van der Waals surface area contributed by atoms with Crippen molar-refractivity contribution in [2.45, 2.75) is 25.4 Å². The van der Waals surface area contributed by atoms with Crippen LogP contribution in [0.1, 0.15) is 18.7 Å². The zero-order valence-electron chi connectivity index (χ0n) is 13.5. The number of nitrogens with zero attached hydrogens (tertiary/aromatic N) is 4. The highest BCUT2D eigenvalue weighted by atomic mass is 16.4. The summed E-state index contributed by atoms with van der Waals surface area (Å²) in [5, 5.41) is 11.2. The van der Waals surface area contributed by atoms with Crippen LogP contribution in [-0.2, 0) is 6.54 Å². The lowest BCUT2D eigenvalue weighted by atomic mass is 10.0. The van der Waals surface area contributed by atoms with Crippen LogP contribution >= 0.6 is 0 Å². The molecule has 0 atom stereocenters. The molecule has 0 saturated carbocycles. The van der Waals surface area contributed by atoms with Crippen LogP contribution in [0.4, 0.5) is 4.79 Å². The van der Waals surface area contributed by atoms with Crippen molar-refractivity contribution >= 4 is 6.03 Å². The van der Waals surface area contributed by atoms with E-state index in [1.54, 1.807) is 0 Å². The van der Waals surface area contributed by atoms with Gasteiger partial charge in [0.25, 0.3) is 0 Å². The van der Waals surface area contributed by atoms with E-state index >= 15 is 0 Å². The van der Waals surface area contributed by atoms with Gasteiger partial charge in [0.05, 0.1) is 6.54 Å². The molecule has 2 aliphatic rings. The van der Waals surface area contributed by atoms with Crippen molar-refractivity contribution < 1.29 is 9.21 Å². The van der Waals surface area contributed by atoms with E-state index in [4.69, 9.17) is 4.42 Å². The van der Waals surface area contributed by atoms with Crippen molar-refractivity contribution in [2.75, 3.05) is 26.2 Å². The second-order valence-electron chi connectivity index (χ2n) is 6.30.